The maximum Gasteiger partial charge on any atom is 0.413 e. The molecular weight excluding hydrogens is 322 g/mol. The van der Waals surface area contributed by atoms with Crippen molar-refractivity contribution in [1.82, 2.24) is 5.32 Å². The van der Waals surface area contributed by atoms with Gasteiger partial charge in [0.1, 0.15) is 0 Å². The molecule has 0 aliphatic carbocycles. The van der Waals surface area contributed by atoms with Gasteiger partial charge in [0.15, 0.2) is 0 Å². The molecule has 0 aliphatic rings. The molecule has 138 valence electrons. The molecule has 1 aromatic carbocycles. The van der Waals surface area contributed by atoms with Crippen molar-refractivity contribution in [1.29, 1.82) is 0 Å². The molecule has 0 spiro atoms. The molecule has 3 amide bonds. The summed E-state index contributed by atoms with van der Waals surface area (Å²) < 4.78 is 4.64. The van der Waals surface area contributed by atoms with Crippen molar-refractivity contribution in [3.63, 3.8) is 0 Å². The fraction of sp³-hybridized carbons (Fsp3) is 0.500. The predicted molar refractivity (Wildman–Crippen MR) is 97.6 cm³/mol. The van der Waals surface area contributed by atoms with Crippen LogP contribution in [-0.4, -0.2) is 38.6 Å². The van der Waals surface area contributed by atoms with Crippen LogP contribution in [0.15, 0.2) is 24.3 Å². The molecule has 2 N–H and O–H groups in total. The SMILES string of the molecule is COC(=O)N(C)c1ccc(NC(=O)CCCNC(=O)C(C)(C)C)cc1. The molecule has 0 fully saturated rings. The lowest BCUT2D eigenvalue weighted by Gasteiger charge is -2.17. The number of carbonyl (C=O) groups excluding carboxylic acids is 3. The van der Waals surface area contributed by atoms with E-state index in [4.69, 9.17) is 0 Å². The van der Waals surface area contributed by atoms with Crippen LogP contribution in [-0.2, 0) is 14.3 Å². The summed E-state index contributed by atoms with van der Waals surface area (Å²) in [5.41, 5.74) is 0.877. The second kappa shape index (κ2) is 9.05. The highest BCUT2D eigenvalue weighted by Crippen LogP contribution is 2.17. The molecule has 0 aliphatic heterocycles. The summed E-state index contributed by atoms with van der Waals surface area (Å²) in [7, 11) is 2.92. The van der Waals surface area contributed by atoms with Gasteiger partial charge < -0.3 is 15.4 Å². The summed E-state index contributed by atoms with van der Waals surface area (Å²) in [6.07, 6.45) is 0.416. The Morgan fingerprint density at radius 1 is 1.12 bits per heavy atom. The van der Waals surface area contributed by atoms with Crippen LogP contribution < -0.4 is 15.5 Å². The molecule has 0 saturated carbocycles. The van der Waals surface area contributed by atoms with E-state index >= 15 is 0 Å². The van der Waals surface area contributed by atoms with E-state index in [1.54, 1.807) is 31.3 Å². The van der Waals surface area contributed by atoms with Gasteiger partial charge in [-0.05, 0) is 30.7 Å². The number of rotatable bonds is 6. The van der Waals surface area contributed by atoms with E-state index in [0.717, 1.165) is 0 Å². The fourth-order valence-electron chi connectivity index (χ4n) is 1.95. The van der Waals surface area contributed by atoms with Crippen molar-refractivity contribution in [3.05, 3.63) is 24.3 Å². The minimum absolute atomic E-state index is 0.0294. The summed E-state index contributed by atoms with van der Waals surface area (Å²) >= 11 is 0. The summed E-state index contributed by atoms with van der Waals surface area (Å²) in [5, 5.41) is 5.59. The Bertz CT molecular complexity index is 606. The molecule has 0 saturated heterocycles. The van der Waals surface area contributed by atoms with E-state index in [1.165, 1.54) is 12.0 Å². The zero-order valence-corrected chi connectivity index (χ0v) is 15.5. The number of amides is 3. The summed E-state index contributed by atoms with van der Waals surface area (Å²) in [4.78, 5) is 36.4. The Kier molecular flexibility index (Phi) is 7.42. The maximum atomic E-state index is 11.9. The zero-order chi connectivity index (χ0) is 19.0. The molecule has 7 heteroatoms. The number of nitrogens with zero attached hydrogens (tertiary/aromatic N) is 1. The number of methoxy groups -OCH3 is 1. The molecule has 0 radical (unpaired) electrons. The van der Waals surface area contributed by atoms with Crippen LogP contribution in [0.1, 0.15) is 33.6 Å². The average Bonchev–Trinajstić information content (AvgIpc) is 2.57. The highest BCUT2D eigenvalue weighted by molar-refractivity contribution is 5.92. The van der Waals surface area contributed by atoms with Crippen LogP contribution in [0, 0.1) is 5.41 Å². The van der Waals surface area contributed by atoms with Crippen LogP contribution in [0.3, 0.4) is 0 Å². The van der Waals surface area contributed by atoms with Gasteiger partial charge >= 0.3 is 6.09 Å². The number of hydrogen-bond donors (Lipinski definition) is 2. The number of hydrogen-bond acceptors (Lipinski definition) is 4. The lowest BCUT2D eigenvalue weighted by atomic mass is 9.96. The van der Waals surface area contributed by atoms with Gasteiger partial charge in [-0.3, -0.25) is 14.5 Å². The van der Waals surface area contributed by atoms with Gasteiger partial charge in [0.2, 0.25) is 11.8 Å². The van der Waals surface area contributed by atoms with Crippen LogP contribution in [0.4, 0.5) is 16.2 Å². The zero-order valence-electron chi connectivity index (χ0n) is 15.5. The first-order valence-corrected chi connectivity index (χ1v) is 8.15. The minimum atomic E-state index is -0.464. The number of benzene rings is 1. The van der Waals surface area contributed by atoms with Crippen LogP contribution in [0.5, 0.6) is 0 Å². The highest BCUT2D eigenvalue weighted by Gasteiger charge is 2.20. The third kappa shape index (κ3) is 6.82. The van der Waals surface area contributed by atoms with Crippen LogP contribution in [0.25, 0.3) is 0 Å². The molecule has 0 aromatic heterocycles. The fourth-order valence-corrected chi connectivity index (χ4v) is 1.95. The first-order valence-electron chi connectivity index (χ1n) is 8.15. The average molecular weight is 349 g/mol. The van der Waals surface area contributed by atoms with Gasteiger partial charge in [0, 0.05) is 36.8 Å². The van der Waals surface area contributed by atoms with Crippen molar-refractivity contribution < 1.29 is 19.1 Å². The number of anilines is 2. The van der Waals surface area contributed by atoms with E-state index in [9.17, 15) is 14.4 Å². The highest BCUT2D eigenvalue weighted by atomic mass is 16.5. The predicted octanol–water partition coefficient (Wildman–Crippen LogP) is 2.77. The monoisotopic (exact) mass is 349 g/mol. The van der Waals surface area contributed by atoms with Gasteiger partial charge in [-0.1, -0.05) is 20.8 Å². The smallest absolute Gasteiger partial charge is 0.413 e. The van der Waals surface area contributed by atoms with E-state index in [1.807, 2.05) is 20.8 Å². The maximum absolute atomic E-state index is 11.9. The minimum Gasteiger partial charge on any atom is -0.452 e. The molecule has 1 rings (SSSR count). The molecule has 0 atom stereocenters. The Morgan fingerprint density at radius 2 is 1.72 bits per heavy atom. The second-order valence-corrected chi connectivity index (χ2v) is 6.73. The topological polar surface area (TPSA) is 87.7 Å². The van der Waals surface area contributed by atoms with Gasteiger partial charge in [-0.15, -0.1) is 0 Å². The van der Waals surface area contributed by atoms with Gasteiger partial charge in [0.25, 0.3) is 0 Å². The molecule has 25 heavy (non-hydrogen) atoms. The second-order valence-electron chi connectivity index (χ2n) is 6.73. The lowest BCUT2D eigenvalue weighted by molar-refractivity contribution is -0.128. The first kappa shape index (κ1) is 20.5. The van der Waals surface area contributed by atoms with Crippen molar-refractivity contribution in [2.75, 3.05) is 30.9 Å². The summed E-state index contributed by atoms with van der Waals surface area (Å²) in [5.74, 6) is -0.155. The number of nitrogens with one attached hydrogen (secondary N) is 2. The third-order valence-electron chi connectivity index (χ3n) is 3.53. The number of carbonyl (C=O) groups is 3. The molecule has 0 heterocycles. The van der Waals surface area contributed by atoms with E-state index in [2.05, 4.69) is 15.4 Å². The quantitative estimate of drug-likeness (QED) is 0.773. The lowest BCUT2D eigenvalue weighted by Crippen LogP contribution is -2.35. The Labute approximate surface area is 148 Å². The third-order valence-corrected chi connectivity index (χ3v) is 3.53. The van der Waals surface area contributed by atoms with E-state index < -0.39 is 11.5 Å². The van der Waals surface area contributed by atoms with Crippen LogP contribution in [0.2, 0.25) is 0 Å². The van der Waals surface area contributed by atoms with Gasteiger partial charge in [0.05, 0.1) is 7.11 Å². The summed E-state index contributed by atoms with van der Waals surface area (Å²) in [6, 6.07) is 6.87. The Morgan fingerprint density at radius 3 is 2.24 bits per heavy atom. The van der Waals surface area contributed by atoms with Crippen molar-refractivity contribution in [2.24, 2.45) is 5.41 Å². The molecule has 1 aromatic rings. The number of ether oxygens (including phenoxy) is 1. The Hall–Kier alpha value is -2.57. The van der Waals surface area contributed by atoms with Crippen molar-refractivity contribution in [3.8, 4) is 0 Å². The van der Waals surface area contributed by atoms with Crippen LogP contribution >= 0.6 is 0 Å². The van der Waals surface area contributed by atoms with Crippen molar-refractivity contribution in [2.45, 2.75) is 33.6 Å². The van der Waals surface area contributed by atoms with Gasteiger partial charge in [-0.25, -0.2) is 4.79 Å². The first-order chi connectivity index (χ1) is 11.6. The standard InChI is InChI=1S/C18H27N3O4/c1-18(2,3)16(23)19-12-6-7-15(22)20-13-8-10-14(11-9-13)21(4)17(24)25-5/h8-11H,6-7,12H2,1-5H3,(H,19,23)(H,20,22). The Balaban J connectivity index is 2.40. The normalized spacial score (nSPS) is 10.8. The van der Waals surface area contributed by atoms with E-state index in [0.29, 0.717) is 30.8 Å². The van der Waals surface area contributed by atoms with Gasteiger partial charge in [-0.2, -0.15) is 0 Å². The molecule has 0 bridgehead atoms. The summed E-state index contributed by atoms with van der Waals surface area (Å²) in [6.45, 7) is 6.00. The molecule has 0 unspecified atom stereocenters. The largest absolute Gasteiger partial charge is 0.452 e. The van der Waals surface area contributed by atoms with Crippen molar-refractivity contribution >= 4 is 29.3 Å². The van der Waals surface area contributed by atoms with E-state index in [-0.39, 0.29) is 11.8 Å². The molecular formula is C18H27N3O4. The molecule has 7 nitrogen and oxygen atoms in total.